The summed E-state index contributed by atoms with van der Waals surface area (Å²) in [6.07, 6.45) is 0. The number of hydrogen-bond acceptors (Lipinski definition) is 8. The van der Waals surface area contributed by atoms with Gasteiger partial charge >= 0.3 is 0 Å². The molecule has 0 aliphatic heterocycles. The van der Waals surface area contributed by atoms with Crippen molar-refractivity contribution < 1.29 is 29.7 Å². The fourth-order valence-corrected chi connectivity index (χ4v) is 8.83. The van der Waals surface area contributed by atoms with Crippen LogP contribution in [-0.4, -0.2) is 20.2 Å². The van der Waals surface area contributed by atoms with E-state index in [1.807, 2.05) is 133 Å². The Hall–Kier alpha value is -6.64. The Morgan fingerprint density at radius 3 is 0.966 bits per heavy atom. The number of anilines is 6. The molecule has 2 N–H and O–H groups in total. The number of fused-ring (bicyclic) bond motifs is 2. The first-order valence-electron chi connectivity index (χ1n) is 18.8. The number of aromatic hydroxyl groups is 2. The molecule has 59 heavy (non-hydrogen) atoms. The SMILES string of the molecule is Oc1ccc(N(c2ccccc2)c2ccccc2)cc1-c1nc2ccccc2s1.Oc1ccc(N(c2ccccc2)c2ccccc2)cc1-c1nc2ccccc2s1.[Zn]. The zero-order valence-electron chi connectivity index (χ0n) is 31.8. The van der Waals surface area contributed by atoms with E-state index in [9.17, 15) is 10.2 Å². The standard InChI is InChI=1S/2C25H18N2OS.Zn/c2*28-23-16-15-20(17-21(23)25-26-22-13-7-8-14-24(22)29-25)27(18-9-3-1-4-10-18)19-11-5-2-6-12-19;/h2*1-17,28H;. The van der Waals surface area contributed by atoms with Crippen molar-refractivity contribution in [2.75, 3.05) is 9.80 Å². The third-order valence-corrected chi connectivity index (χ3v) is 11.7. The van der Waals surface area contributed by atoms with Gasteiger partial charge in [-0.2, -0.15) is 0 Å². The quantitative estimate of drug-likeness (QED) is 0.148. The maximum absolute atomic E-state index is 10.6. The Labute approximate surface area is 363 Å². The summed E-state index contributed by atoms with van der Waals surface area (Å²) in [5.41, 5.74) is 9.52. The van der Waals surface area contributed by atoms with Crippen LogP contribution in [0.1, 0.15) is 0 Å². The first-order valence-corrected chi connectivity index (χ1v) is 20.4. The van der Waals surface area contributed by atoms with Crippen LogP contribution in [0.4, 0.5) is 34.1 Å². The van der Waals surface area contributed by atoms with Gasteiger partial charge in [0.25, 0.3) is 0 Å². The average molecular weight is 854 g/mol. The van der Waals surface area contributed by atoms with Crippen LogP contribution in [0.25, 0.3) is 41.6 Å². The van der Waals surface area contributed by atoms with Crippen LogP contribution in [0.5, 0.6) is 11.5 Å². The Balaban J connectivity index is 0.000000161. The van der Waals surface area contributed by atoms with Gasteiger partial charge in [-0.1, -0.05) is 97.1 Å². The molecule has 282 valence electrons. The van der Waals surface area contributed by atoms with Crippen LogP contribution in [0.2, 0.25) is 0 Å². The maximum atomic E-state index is 10.6. The van der Waals surface area contributed by atoms with Crippen LogP contribution in [0.3, 0.4) is 0 Å². The number of rotatable bonds is 8. The van der Waals surface area contributed by atoms with Crippen molar-refractivity contribution in [3.63, 3.8) is 0 Å². The van der Waals surface area contributed by atoms with E-state index < -0.39 is 0 Å². The molecule has 10 aromatic rings. The summed E-state index contributed by atoms with van der Waals surface area (Å²) in [7, 11) is 0. The van der Waals surface area contributed by atoms with Gasteiger partial charge < -0.3 is 20.0 Å². The van der Waals surface area contributed by atoms with Crippen molar-refractivity contribution in [3.05, 3.63) is 206 Å². The summed E-state index contributed by atoms with van der Waals surface area (Å²) >= 11 is 3.17. The third-order valence-electron chi connectivity index (χ3n) is 9.58. The summed E-state index contributed by atoms with van der Waals surface area (Å²) in [6, 6.07) is 68.4. The van der Waals surface area contributed by atoms with Gasteiger partial charge in [0.05, 0.1) is 31.6 Å². The number of thiazole rings is 2. The first kappa shape index (κ1) is 39.2. The van der Waals surface area contributed by atoms with Gasteiger partial charge in [0.2, 0.25) is 0 Å². The van der Waals surface area contributed by atoms with Gasteiger partial charge in [0.1, 0.15) is 21.5 Å². The van der Waals surface area contributed by atoms with Crippen molar-refractivity contribution in [2.45, 2.75) is 0 Å². The van der Waals surface area contributed by atoms with E-state index in [2.05, 4.69) is 70.5 Å². The van der Waals surface area contributed by atoms with E-state index in [1.54, 1.807) is 34.8 Å². The van der Waals surface area contributed by atoms with Gasteiger partial charge in [-0.25, -0.2) is 9.97 Å². The number of nitrogens with zero attached hydrogens (tertiary/aromatic N) is 4. The number of hydrogen-bond donors (Lipinski definition) is 2. The molecule has 0 amide bonds. The van der Waals surface area contributed by atoms with Crippen molar-refractivity contribution in [1.82, 2.24) is 9.97 Å². The molecular weight excluding hydrogens is 818 g/mol. The number of phenols is 2. The van der Waals surface area contributed by atoms with Crippen molar-refractivity contribution in [1.29, 1.82) is 0 Å². The molecule has 10 rings (SSSR count). The Bertz CT molecular complexity index is 2600. The van der Waals surface area contributed by atoms with Gasteiger partial charge in [-0.3, -0.25) is 0 Å². The molecule has 2 aromatic heterocycles. The van der Waals surface area contributed by atoms with Gasteiger partial charge in [0, 0.05) is 53.6 Å². The molecule has 0 fully saturated rings. The summed E-state index contributed by atoms with van der Waals surface area (Å²) in [6.45, 7) is 0. The average Bonchev–Trinajstić information content (AvgIpc) is 3.92. The predicted molar refractivity (Wildman–Crippen MR) is 243 cm³/mol. The van der Waals surface area contributed by atoms with Gasteiger partial charge in [0.15, 0.2) is 0 Å². The largest absolute Gasteiger partial charge is 0.507 e. The number of para-hydroxylation sites is 6. The van der Waals surface area contributed by atoms with Crippen LogP contribution in [-0.2, 0) is 19.5 Å². The summed E-state index contributed by atoms with van der Waals surface area (Å²) in [5, 5.41) is 22.8. The van der Waals surface area contributed by atoms with Crippen LogP contribution < -0.4 is 9.80 Å². The van der Waals surface area contributed by atoms with Crippen LogP contribution in [0, 0.1) is 0 Å². The molecule has 0 bridgehead atoms. The van der Waals surface area contributed by atoms with E-state index in [-0.39, 0.29) is 31.0 Å². The molecule has 2 heterocycles. The fourth-order valence-electron chi connectivity index (χ4n) is 6.85. The van der Waals surface area contributed by atoms with E-state index in [0.717, 1.165) is 75.7 Å². The molecule has 0 unspecified atom stereocenters. The topological polar surface area (TPSA) is 72.7 Å². The van der Waals surface area contributed by atoms with Crippen LogP contribution >= 0.6 is 22.7 Å². The van der Waals surface area contributed by atoms with Crippen molar-refractivity contribution in [2.24, 2.45) is 0 Å². The normalized spacial score (nSPS) is 10.7. The third kappa shape index (κ3) is 8.50. The van der Waals surface area contributed by atoms with Crippen LogP contribution in [0.15, 0.2) is 206 Å². The molecule has 0 saturated heterocycles. The predicted octanol–water partition coefficient (Wildman–Crippen LogP) is 14.3. The summed E-state index contributed by atoms with van der Waals surface area (Å²) < 4.78 is 2.21. The van der Waals surface area contributed by atoms with E-state index >= 15 is 0 Å². The first-order chi connectivity index (χ1) is 28.6. The van der Waals surface area contributed by atoms with Gasteiger partial charge in [-0.05, 0) is 109 Å². The van der Waals surface area contributed by atoms with Crippen molar-refractivity contribution in [3.8, 4) is 32.6 Å². The molecule has 6 nitrogen and oxygen atoms in total. The minimum absolute atomic E-state index is 0. The maximum Gasteiger partial charge on any atom is 0.128 e. The monoisotopic (exact) mass is 852 g/mol. The second-order valence-electron chi connectivity index (χ2n) is 13.4. The molecule has 0 saturated carbocycles. The Kier molecular flexibility index (Phi) is 11.9. The number of benzene rings is 8. The Morgan fingerprint density at radius 1 is 0.339 bits per heavy atom. The second kappa shape index (κ2) is 17.9. The smallest absolute Gasteiger partial charge is 0.128 e. The molecular formula is C50H36N4O2S2Zn. The van der Waals surface area contributed by atoms with Gasteiger partial charge in [-0.15, -0.1) is 22.7 Å². The second-order valence-corrected chi connectivity index (χ2v) is 15.5. The molecule has 0 spiro atoms. The molecule has 0 radical (unpaired) electrons. The van der Waals surface area contributed by atoms with E-state index in [0.29, 0.717) is 0 Å². The molecule has 0 atom stereocenters. The Morgan fingerprint density at radius 2 is 0.644 bits per heavy atom. The molecule has 0 aliphatic carbocycles. The molecule has 0 aliphatic rings. The van der Waals surface area contributed by atoms with E-state index in [4.69, 9.17) is 9.97 Å². The number of phenolic OH excluding ortho intramolecular Hbond substituents is 2. The minimum Gasteiger partial charge on any atom is -0.507 e. The van der Waals surface area contributed by atoms with Crippen molar-refractivity contribution >= 4 is 77.2 Å². The summed E-state index contributed by atoms with van der Waals surface area (Å²) in [4.78, 5) is 13.8. The fraction of sp³-hybridized carbons (Fsp3) is 0. The molecule has 9 heteroatoms. The summed E-state index contributed by atoms with van der Waals surface area (Å²) in [5.74, 6) is 0.461. The van der Waals surface area contributed by atoms with E-state index in [1.165, 1.54) is 0 Å². The number of aromatic nitrogens is 2. The zero-order valence-corrected chi connectivity index (χ0v) is 36.4. The minimum atomic E-state index is 0. The zero-order chi connectivity index (χ0) is 39.3. The molecule has 8 aromatic carbocycles.